The zero-order valence-corrected chi connectivity index (χ0v) is 12.6. The van der Waals surface area contributed by atoms with Crippen molar-refractivity contribution in [1.82, 2.24) is 18.7 Å². The van der Waals surface area contributed by atoms with Crippen LogP contribution in [0.2, 0.25) is 0 Å². The Kier molecular flexibility index (Phi) is 4.40. The van der Waals surface area contributed by atoms with Crippen LogP contribution in [0, 0.1) is 0 Å². The number of nitrogens with zero attached hydrogens (tertiary/aromatic N) is 4. The van der Waals surface area contributed by atoms with E-state index in [0.29, 0.717) is 24.3 Å². The van der Waals surface area contributed by atoms with Gasteiger partial charge in [-0.3, -0.25) is 18.7 Å². The molecule has 0 aromatic carbocycles. The van der Waals surface area contributed by atoms with Gasteiger partial charge in [0.15, 0.2) is 11.2 Å². The molecule has 2 rings (SSSR count). The summed E-state index contributed by atoms with van der Waals surface area (Å²) in [5, 5.41) is 0. The number of hydrogen-bond donors (Lipinski definition) is 0. The first-order valence-electron chi connectivity index (χ1n) is 7.19. The van der Waals surface area contributed by atoms with E-state index in [1.165, 1.54) is 11.5 Å². The molecule has 114 valence electrons. The number of fused-ring (bicyclic) bond motifs is 1. The number of Topliss-reactive ketones (excluding diaryl/α,β-unsaturated/α-hetero) is 1. The molecule has 0 spiro atoms. The van der Waals surface area contributed by atoms with Crippen LogP contribution in [0.3, 0.4) is 0 Å². The molecular formula is C14H20N4O3. The standard InChI is InChI=1S/C14H20N4O3/c1-4-7-16-9-15-12-11(16)13(20)18(8-6-10(3)19)14(21)17(12)5-2/h9H,4-8H2,1-3H3. The van der Waals surface area contributed by atoms with Crippen molar-refractivity contribution in [2.75, 3.05) is 0 Å². The maximum Gasteiger partial charge on any atom is 0.332 e. The molecule has 2 aromatic heterocycles. The van der Waals surface area contributed by atoms with Gasteiger partial charge < -0.3 is 4.57 Å². The highest BCUT2D eigenvalue weighted by Crippen LogP contribution is 2.07. The van der Waals surface area contributed by atoms with Gasteiger partial charge in [-0.2, -0.15) is 0 Å². The molecule has 0 radical (unpaired) electrons. The summed E-state index contributed by atoms with van der Waals surface area (Å²) in [7, 11) is 0. The van der Waals surface area contributed by atoms with Gasteiger partial charge in [0.25, 0.3) is 5.56 Å². The molecule has 0 fully saturated rings. The summed E-state index contributed by atoms with van der Waals surface area (Å²) in [6, 6.07) is 0. The second kappa shape index (κ2) is 6.07. The third kappa shape index (κ3) is 2.68. The monoisotopic (exact) mass is 292 g/mol. The van der Waals surface area contributed by atoms with Crippen LogP contribution in [0.1, 0.15) is 33.6 Å². The number of carbonyl (C=O) groups excluding carboxylic acids is 1. The molecule has 7 heteroatoms. The second-order valence-corrected chi connectivity index (χ2v) is 5.05. The average molecular weight is 292 g/mol. The first kappa shape index (κ1) is 15.2. The fourth-order valence-electron chi connectivity index (χ4n) is 2.40. The van der Waals surface area contributed by atoms with Crippen LogP contribution in [0.25, 0.3) is 11.2 Å². The molecule has 0 N–H and O–H groups in total. The van der Waals surface area contributed by atoms with E-state index in [4.69, 9.17) is 0 Å². The summed E-state index contributed by atoms with van der Waals surface area (Å²) < 4.78 is 4.39. The first-order valence-corrected chi connectivity index (χ1v) is 7.19. The van der Waals surface area contributed by atoms with Crippen LogP contribution in [0.15, 0.2) is 15.9 Å². The van der Waals surface area contributed by atoms with E-state index in [0.717, 1.165) is 11.0 Å². The van der Waals surface area contributed by atoms with E-state index < -0.39 is 5.69 Å². The van der Waals surface area contributed by atoms with E-state index in [2.05, 4.69) is 4.98 Å². The molecule has 2 aromatic rings. The van der Waals surface area contributed by atoms with Gasteiger partial charge in [0.05, 0.1) is 6.33 Å². The molecule has 0 saturated carbocycles. The fourth-order valence-corrected chi connectivity index (χ4v) is 2.40. The number of rotatable bonds is 6. The number of ketones is 1. The van der Waals surface area contributed by atoms with Gasteiger partial charge in [0.1, 0.15) is 5.78 Å². The minimum absolute atomic E-state index is 0.0495. The van der Waals surface area contributed by atoms with Crippen molar-refractivity contribution in [2.24, 2.45) is 0 Å². The highest BCUT2D eigenvalue weighted by atomic mass is 16.2. The van der Waals surface area contributed by atoms with Crippen LogP contribution < -0.4 is 11.2 Å². The summed E-state index contributed by atoms with van der Waals surface area (Å²) >= 11 is 0. The van der Waals surface area contributed by atoms with E-state index >= 15 is 0 Å². The normalized spacial score (nSPS) is 11.2. The van der Waals surface area contributed by atoms with E-state index in [-0.39, 0.29) is 24.3 Å². The molecule has 0 aliphatic rings. The van der Waals surface area contributed by atoms with E-state index in [1.54, 1.807) is 10.9 Å². The minimum Gasteiger partial charge on any atom is -0.325 e. The van der Waals surface area contributed by atoms with Crippen LogP contribution in [0.5, 0.6) is 0 Å². The number of aryl methyl sites for hydroxylation is 2. The summed E-state index contributed by atoms with van der Waals surface area (Å²) in [6.07, 6.45) is 2.63. The molecule has 0 unspecified atom stereocenters. The highest BCUT2D eigenvalue weighted by Gasteiger charge is 2.17. The largest absolute Gasteiger partial charge is 0.332 e. The molecule has 0 bridgehead atoms. The molecule has 7 nitrogen and oxygen atoms in total. The minimum atomic E-state index is -0.405. The fraction of sp³-hybridized carbons (Fsp3) is 0.571. The van der Waals surface area contributed by atoms with Gasteiger partial charge in [-0.05, 0) is 20.3 Å². The van der Waals surface area contributed by atoms with Crippen molar-refractivity contribution in [3.63, 3.8) is 0 Å². The van der Waals surface area contributed by atoms with Gasteiger partial charge in [0, 0.05) is 26.1 Å². The number of hydrogen-bond acceptors (Lipinski definition) is 4. The van der Waals surface area contributed by atoms with E-state index in [9.17, 15) is 14.4 Å². The Balaban J connectivity index is 2.73. The third-order valence-corrected chi connectivity index (χ3v) is 3.45. The predicted octanol–water partition coefficient (Wildman–Crippen LogP) is 0.769. The maximum atomic E-state index is 12.6. The topological polar surface area (TPSA) is 78.9 Å². The van der Waals surface area contributed by atoms with Gasteiger partial charge >= 0.3 is 5.69 Å². The maximum absolute atomic E-state index is 12.6. The van der Waals surface area contributed by atoms with Crippen LogP contribution in [-0.2, 0) is 24.4 Å². The lowest BCUT2D eigenvalue weighted by Gasteiger charge is -2.10. The Morgan fingerprint density at radius 1 is 1.19 bits per heavy atom. The second-order valence-electron chi connectivity index (χ2n) is 5.05. The Morgan fingerprint density at radius 2 is 1.90 bits per heavy atom. The summed E-state index contributed by atoms with van der Waals surface area (Å²) in [4.78, 5) is 40.3. The lowest BCUT2D eigenvalue weighted by atomic mass is 10.3. The lowest BCUT2D eigenvalue weighted by molar-refractivity contribution is -0.117. The molecule has 0 aliphatic carbocycles. The Labute approximate surface area is 121 Å². The quantitative estimate of drug-likeness (QED) is 0.787. The number of aromatic nitrogens is 4. The number of carbonyl (C=O) groups is 1. The highest BCUT2D eigenvalue weighted by molar-refractivity contribution is 5.75. The van der Waals surface area contributed by atoms with Crippen molar-refractivity contribution in [3.8, 4) is 0 Å². The van der Waals surface area contributed by atoms with Crippen molar-refractivity contribution in [3.05, 3.63) is 27.2 Å². The van der Waals surface area contributed by atoms with Gasteiger partial charge in [-0.1, -0.05) is 6.92 Å². The molecule has 0 atom stereocenters. The molecule has 0 saturated heterocycles. The zero-order chi connectivity index (χ0) is 15.6. The predicted molar refractivity (Wildman–Crippen MR) is 79.5 cm³/mol. The smallest absolute Gasteiger partial charge is 0.325 e. The number of imidazole rings is 1. The van der Waals surface area contributed by atoms with Crippen LogP contribution in [-0.4, -0.2) is 24.5 Å². The zero-order valence-electron chi connectivity index (χ0n) is 12.6. The SMILES string of the molecule is CCCn1cnc2c1c(=O)n(CCC(C)=O)c(=O)n2CC. The first-order chi connectivity index (χ1) is 10.0. The van der Waals surface area contributed by atoms with Gasteiger partial charge in [-0.15, -0.1) is 0 Å². The van der Waals surface area contributed by atoms with Crippen molar-refractivity contribution < 1.29 is 4.79 Å². The Bertz CT molecular complexity index is 782. The third-order valence-electron chi connectivity index (χ3n) is 3.45. The molecule has 0 amide bonds. The van der Waals surface area contributed by atoms with Crippen LogP contribution in [0.4, 0.5) is 0 Å². The summed E-state index contributed by atoms with van der Waals surface area (Å²) in [6.45, 7) is 6.50. The Morgan fingerprint density at radius 3 is 2.48 bits per heavy atom. The summed E-state index contributed by atoms with van der Waals surface area (Å²) in [5.74, 6) is -0.0495. The van der Waals surface area contributed by atoms with Crippen molar-refractivity contribution in [2.45, 2.75) is 53.2 Å². The lowest BCUT2D eigenvalue weighted by Crippen LogP contribution is -2.40. The van der Waals surface area contributed by atoms with Crippen molar-refractivity contribution >= 4 is 16.9 Å². The molecular weight excluding hydrogens is 272 g/mol. The Hall–Kier alpha value is -2.18. The summed E-state index contributed by atoms with van der Waals surface area (Å²) in [5.41, 5.74) is 0.0757. The van der Waals surface area contributed by atoms with Gasteiger partial charge in [-0.25, -0.2) is 9.78 Å². The molecule has 0 aliphatic heterocycles. The molecule has 21 heavy (non-hydrogen) atoms. The molecule has 2 heterocycles. The average Bonchev–Trinajstić information content (AvgIpc) is 2.83. The van der Waals surface area contributed by atoms with Crippen molar-refractivity contribution in [1.29, 1.82) is 0 Å². The van der Waals surface area contributed by atoms with Crippen LogP contribution >= 0.6 is 0 Å². The van der Waals surface area contributed by atoms with E-state index in [1.807, 2.05) is 13.8 Å². The van der Waals surface area contributed by atoms with Gasteiger partial charge in [0.2, 0.25) is 0 Å².